The van der Waals surface area contributed by atoms with Gasteiger partial charge in [0.25, 0.3) is 0 Å². The molecule has 3 heterocycles. The lowest BCUT2D eigenvalue weighted by Gasteiger charge is -2.26. The second-order valence-corrected chi connectivity index (χ2v) is 21.2. The lowest BCUT2D eigenvalue weighted by atomic mass is 10.1. The zero-order valence-electron chi connectivity index (χ0n) is 46.8. The lowest BCUT2D eigenvalue weighted by Crippen LogP contribution is -2.32. The number of likely N-dealkylation sites (tertiary alicyclic amines) is 3. The van der Waals surface area contributed by atoms with Gasteiger partial charge in [-0.05, 0) is 140 Å². The van der Waals surface area contributed by atoms with E-state index in [2.05, 4.69) is 0 Å². The Morgan fingerprint density at radius 1 is 0.461 bits per heavy atom. The summed E-state index contributed by atoms with van der Waals surface area (Å²) in [4.78, 5) is 76.8. The van der Waals surface area contributed by atoms with Crippen LogP contribution in [0, 0.1) is 17.8 Å². The molecule has 17 nitrogen and oxygen atoms in total. The van der Waals surface area contributed by atoms with Crippen molar-refractivity contribution in [2.24, 2.45) is 23.5 Å². The summed E-state index contributed by atoms with van der Waals surface area (Å²) in [6.07, 6.45) is 0.528. The van der Waals surface area contributed by atoms with Crippen LogP contribution < -0.4 is 24.7 Å². The van der Waals surface area contributed by atoms with Gasteiger partial charge in [0.1, 0.15) is 34.2 Å². The number of amides is 3. The Labute approximate surface area is 448 Å². The summed E-state index contributed by atoms with van der Waals surface area (Å²) in [6.45, 7) is 19.9. The van der Waals surface area contributed by atoms with E-state index in [-0.39, 0.29) is 91.5 Å². The first-order chi connectivity index (χ1) is 35.7. The van der Waals surface area contributed by atoms with Crippen molar-refractivity contribution < 1.29 is 62.3 Å². The molecule has 0 radical (unpaired) electrons. The lowest BCUT2D eigenvalue weighted by molar-refractivity contribution is -0.160. The molecule has 7 rings (SSSR count). The molecule has 0 aliphatic carbocycles. The fourth-order valence-electron chi connectivity index (χ4n) is 8.66. The molecule has 0 aromatic heterocycles. The first-order valence-electron chi connectivity index (χ1n) is 25.6. The highest BCUT2D eigenvalue weighted by Crippen LogP contribution is 2.33. The van der Waals surface area contributed by atoms with Crippen LogP contribution in [0.1, 0.15) is 135 Å². The van der Waals surface area contributed by atoms with Gasteiger partial charge in [0.05, 0.1) is 64.3 Å². The van der Waals surface area contributed by atoms with Crippen molar-refractivity contribution in [3.63, 3.8) is 0 Å². The molecular formula is C59H80N4O13. The fraction of sp³-hybridized carbons (Fsp3) is 0.492. The number of nitrogens with zero attached hydrogens (tertiary/aromatic N) is 3. The van der Waals surface area contributed by atoms with Gasteiger partial charge in [-0.3, -0.25) is 28.8 Å². The number of rotatable bonds is 14. The smallest absolute Gasteiger partial charge is 0.311 e. The highest BCUT2D eigenvalue weighted by atomic mass is 16.6. The van der Waals surface area contributed by atoms with Crippen LogP contribution in [0.3, 0.4) is 0 Å². The Hall–Kier alpha value is -7.14. The number of benzene rings is 4. The van der Waals surface area contributed by atoms with Gasteiger partial charge < -0.3 is 54.0 Å². The van der Waals surface area contributed by atoms with Crippen LogP contribution in [0.4, 0.5) is 0 Å². The van der Waals surface area contributed by atoms with E-state index < -0.39 is 23.1 Å². The molecule has 3 unspecified atom stereocenters. The number of carbonyl (C=O) groups is 6. The van der Waals surface area contributed by atoms with E-state index in [1.54, 1.807) is 43.1 Å². The summed E-state index contributed by atoms with van der Waals surface area (Å²) in [5.74, 6) is 0.202. The van der Waals surface area contributed by atoms with Gasteiger partial charge in [-0.1, -0.05) is 48.5 Å². The second-order valence-electron chi connectivity index (χ2n) is 21.2. The minimum Gasteiger partial charge on any atom is -0.497 e. The molecule has 3 fully saturated rings. The maximum Gasteiger partial charge on any atom is 0.311 e. The maximum absolute atomic E-state index is 12.3. The van der Waals surface area contributed by atoms with E-state index in [9.17, 15) is 28.8 Å². The van der Waals surface area contributed by atoms with E-state index in [0.717, 1.165) is 45.3 Å². The van der Waals surface area contributed by atoms with Crippen LogP contribution in [0.2, 0.25) is 0 Å². The van der Waals surface area contributed by atoms with Crippen LogP contribution in [0.5, 0.6) is 23.0 Å². The molecular weight excluding hydrogens is 973 g/mol. The Bertz CT molecular complexity index is 2430. The Morgan fingerprint density at radius 2 is 0.697 bits per heavy atom. The molecule has 7 atom stereocenters. The Balaban J connectivity index is 0.000000225. The van der Waals surface area contributed by atoms with Gasteiger partial charge >= 0.3 is 17.9 Å². The Kier molecular flexibility index (Phi) is 22.3. The van der Waals surface area contributed by atoms with Gasteiger partial charge in [0, 0.05) is 44.9 Å². The molecule has 3 aliphatic heterocycles. The van der Waals surface area contributed by atoms with Crippen LogP contribution in [0.15, 0.2) is 97.1 Å². The first kappa shape index (κ1) is 61.4. The van der Waals surface area contributed by atoms with Gasteiger partial charge in [0.15, 0.2) is 0 Å². The highest BCUT2D eigenvalue weighted by Gasteiger charge is 2.41. The average molecular weight is 1050 g/mol. The summed E-state index contributed by atoms with van der Waals surface area (Å²) in [5.41, 5.74) is 8.74. The normalized spacial score (nSPS) is 18.8. The molecule has 3 saturated heterocycles. The molecule has 4 aromatic carbocycles. The molecule has 0 bridgehead atoms. The molecule has 414 valence electrons. The minimum absolute atomic E-state index is 0.0100. The quantitative estimate of drug-likeness (QED) is 0.113. The van der Waals surface area contributed by atoms with Crippen LogP contribution >= 0.6 is 0 Å². The number of aliphatic carboxylic acids is 1. The van der Waals surface area contributed by atoms with Crippen molar-refractivity contribution in [3.8, 4) is 23.0 Å². The molecule has 0 spiro atoms. The topological polar surface area (TPSA) is 214 Å². The number of carboxylic acids is 1. The minimum atomic E-state index is -0.905. The van der Waals surface area contributed by atoms with Crippen molar-refractivity contribution in [1.29, 1.82) is 0 Å². The third-order valence-electron chi connectivity index (χ3n) is 13.1. The summed E-state index contributed by atoms with van der Waals surface area (Å²) in [5, 5.41) is 8.97. The van der Waals surface area contributed by atoms with Crippen LogP contribution in [-0.2, 0) is 38.2 Å². The zero-order valence-corrected chi connectivity index (χ0v) is 46.8. The first-order valence-corrected chi connectivity index (χ1v) is 25.6. The highest BCUT2D eigenvalue weighted by molar-refractivity contribution is 5.88. The molecule has 17 heteroatoms. The van der Waals surface area contributed by atoms with Gasteiger partial charge in [0.2, 0.25) is 17.7 Å². The van der Waals surface area contributed by atoms with Crippen molar-refractivity contribution >= 4 is 35.6 Å². The number of nitrogens with two attached hydrogens (primary N) is 1. The van der Waals surface area contributed by atoms with Gasteiger partial charge in [-0.15, -0.1) is 0 Å². The van der Waals surface area contributed by atoms with Gasteiger partial charge in [-0.25, -0.2) is 0 Å². The predicted molar refractivity (Wildman–Crippen MR) is 289 cm³/mol. The second kappa shape index (κ2) is 27.6. The molecule has 3 amide bonds. The summed E-state index contributed by atoms with van der Waals surface area (Å²) >= 11 is 0. The molecule has 76 heavy (non-hydrogen) atoms. The molecule has 4 aromatic rings. The third-order valence-corrected chi connectivity index (χ3v) is 13.1. The van der Waals surface area contributed by atoms with Crippen molar-refractivity contribution in [2.75, 3.05) is 48.1 Å². The largest absolute Gasteiger partial charge is 0.497 e. The predicted octanol–water partition coefficient (Wildman–Crippen LogP) is 9.30. The van der Waals surface area contributed by atoms with Crippen molar-refractivity contribution in [3.05, 3.63) is 119 Å². The monoisotopic (exact) mass is 1050 g/mol. The average Bonchev–Trinajstić information content (AvgIpc) is 4.11. The summed E-state index contributed by atoms with van der Waals surface area (Å²) < 4.78 is 31.2. The van der Waals surface area contributed by atoms with Crippen molar-refractivity contribution in [1.82, 2.24) is 14.7 Å². The van der Waals surface area contributed by atoms with Crippen molar-refractivity contribution in [2.45, 2.75) is 124 Å². The van der Waals surface area contributed by atoms with E-state index in [4.69, 9.17) is 39.3 Å². The zero-order chi connectivity index (χ0) is 56.7. The number of carbonyl (C=O) groups excluding carboxylic acids is 5. The van der Waals surface area contributed by atoms with Gasteiger partial charge in [-0.2, -0.15) is 0 Å². The fourth-order valence-corrected chi connectivity index (χ4v) is 8.66. The van der Waals surface area contributed by atoms with E-state index in [0.29, 0.717) is 13.1 Å². The molecule has 3 N–H and O–H groups in total. The number of ether oxygens (including phenoxy) is 6. The molecule has 3 aliphatic rings. The summed E-state index contributed by atoms with van der Waals surface area (Å²) in [7, 11) is 6.49. The van der Waals surface area contributed by atoms with Crippen LogP contribution in [-0.4, -0.2) is 115 Å². The molecule has 0 saturated carbocycles. The summed E-state index contributed by atoms with van der Waals surface area (Å²) in [6, 6.07) is 30.3. The number of hydrogen-bond acceptors (Lipinski definition) is 13. The van der Waals surface area contributed by atoms with E-state index in [1.807, 2.05) is 166 Å². The SMILES string of the molecule is COc1ccc([C@H](C)N)cc1.COc1ccc([C@H](C)N2CC(C(=O)O)CC2=O)cc1.COc1ccc([C@H](C)N2CC(C(=O)OC(C)(C)C)CC2=O)cc1.COc1ccc([C@H](C)N2CC(C(=O)OC(C)(C)C)CC2=O)cc1. The van der Waals surface area contributed by atoms with E-state index >= 15 is 0 Å². The Morgan fingerprint density at radius 3 is 0.908 bits per heavy atom. The number of methoxy groups -OCH3 is 4. The number of hydrogen-bond donors (Lipinski definition) is 2. The number of esters is 2. The van der Waals surface area contributed by atoms with E-state index in [1.165, 1.54) is 0 Å². The maximum atomic E-state index is 12.3. The standard InChI is InChI=1S/2C18H25NO4.C14H17NO4.C9H13NO/c2*1-12(13-6-8-15(22-5)9-7-13)19-11-14(10-16(19)20)17(21)23-18(2,3)4;1-9(10-3-5-12(19-2)6-4-10)15-8-11(14(17)18)7-13(15)16;1-7(10)8-3-5-9(11-2)6-4-8/h2*6-9,12,14H,10-11H2,1-5H3;3-6,9,11H,7-8H2,1-2H3,(H,17,18);3-7H,10H2,1-2H3/t2*12-,14?;9-,11?;7-/m0000/s1. The number of carboxylic acid groups (broad SMARTS) is 1. The third kappa shape index (κ3) is 18.0. The van der Waals surface area contributed by atoms with Crippen LogP contribution in [0.25, 0.3) is 0 Å².